The normalized spacial score (nSPS) is 26.0. The van der Waals surface area contributed by atoms with Gasteiger partial charge in [-0.3, -0.25) is 57.6 Å². The van der Waals surface area contributed by atoms with Gasteiger partial charge in [0.25, 0.3) is 22.2 Å². The number of nitrogens with zero attached hydrogens (tertiary/aromatic N) is 3. The molecule has 4 aromatic heterocycles. The summed E-state index contributed by atoms with van der Waals surface area (Å²) in [4.78, 5) is 92.3. The zero-order chi connectivity index (χ0) is 72.3. The second kappa shape index (κ2) is 42.3. The van der Waals surface area contributed by atoms with Gasteiger partial charge in [0.1, 0.15) is 36.6 Å². The predicted octanol–water partition coefficient (Wildman–Crippen LogP) is 4.00. The number of aliphatic hydroxyl groups is 4. The van der Waals surface area contributed by atoms with E-state index in [1.807, 2.05) is 67.5 Å². The maximum atomic E-state index is 12.5. The zero-order valence-corrected chi connectivity index (χ0v) is 60.3. The number of nitrogens with one attached hydrogen (secondary N) is 5. The van der Waals surface area contributed by atoms with Crippen LogP contribution in [0.3, 0.4) is 0 Å². The topological polar surface area (TPSA) is 426 Å². The molecule has 4 unspecified atom stereocenters. The third kappa shape index (κ3) is 25.0. The van der Waals surface area contributed by atoms with Gasteiger partial charge < -0.3 is 83.0 Å². The first-order chi connectivity index (χ1) is 46.4. The summed E-state index contributed by atoms with van der Waals surface area (Å²) >= 11 is 19.9. The van der Waals surface area contributed by atoms with Crippen LogP contribution in [0.2, 0.25) is 0 Å². The second-order valence-corrected chi connectivity index (χ2v) is 25.0. The van der Waals surface area contributed by atoms with Crippen LogP contribution in [0.1, 0.15) is 129 Å². The van der Waals surface area contributed by atoms with Crippen LogP contribution in [0.5, 0.6) is 0 Å². The summed E-state index contributed by atoms with van der Waals surface area (Å²) in [6.07, 6.45) is -1.12. The second-order valence-electron chi connectivity index (χ2n) is 23.4. The molecule has 36 heteroatoms. The van der Waals surface area contributed by atoms with Crippen LogP contribution in [-0.4, -0.2) is 189 Å². The van der Waals surface area contributed by atoms with Crippen molar-refractivity contribution in [2.45, 2.75) is 188 Å². The molecule has 5 saturated heterocycles. The first kappa shape index (κ1) is 91.4. The molecule has 560 valence electrons. The van der Waals surface area contributed by atoms with Crippen LogP contribution in [0.15, 0.2) is 129 Å². The number of fused-ring (bicyclic) bond motifs is 1. The van der Waals surface area contributed by atoms with Gasteiger partial charge in [0.2, 0.25) is 6.29 Å². The number of carbonyl (C=O) groups excluding carboxylic acids is 3. The molecule has 0 aliphatic carbocycles. The molecular weight excluding hydrogens is 1410 g/mol. The van der Waals surface area contributed by atoms with E-state index in [4.69, 9.17) is 93.9 Å². The maximum absolute atomic E-state index is 12.5. The van der Waals surface area contributed by atoms with Crippen LogP contribution in [-0.2, 0) is 56.9 Å². The number of esters is 3. The molecule has 5 aliphatic heterocycles. The molecule has 0 bridgehead atoms. The molecule has 31 nitrogen and oxygen atoms in total. The molecular formula is C66H93LiN8O23S4. The Balaban J connectivity index is 0.000000429. The maximum Gasteiger partial charge on any atom is 1.00 e. The minimum atomic E-state index is -1.22. The zero-order valence-electron chi connectivity index (χ0n) is 57.0. The Labute approximate surface area is 621 Å². The Hall–Kier alpha value is -6.67. The molecule has 2 aromatic carbocycles. The number of benzene rings is 2. The number of aliphatic hydroxyl groups excluding tert-OH is 4. The van der Waals surface area contributed by atoms with Gasteiger partial charge in [0.05, 0.1) is 36.5 Å². The summed E-state index contributed by atoms with van der Waals surface area (Å²) in [5, 5.41) is 37.7. The molecule has 6 aromatic rings. The number of ether oxygens (including phenoxy) is 11. The summed E-state index contributed by atoms with van der Waals surface area (Å²) in [6.45, 7) is 16.0. The van der Waals surface area contributed by atoms with Gasteiger partial charge in [0.15, 0.2) is 61.6 Å². The quantitative estimate of drug-likeness (QED) is 0.0245. The SMILES string of the molecule is C.C.CC1(C)OC2[C@@H](O1)[C@@H](CO)O[C@H]2n1ccc(=O)[nH]c1=S.CC[C@H]1O[C@@H](OC(C)=O)C(OC(=O)c2ccccc2)[C@H]1C.CC[C@H]1O[C@@H](n2ccc(=O)[nH]c2=S)C(OC(=O)c2ccccc2)[C@H]1C.COC(C)(C)OC.O=c1cc[nH]c(=S)[nH]1.O=c1ccn([C@@H]2O[C@H](CO)[C@H](O)C2O)c(=S)[nH]1.[Li+].[OH-]. The molecule has 0 amide bonds. The van der Waals surface area contributed by atoms with Gasteiger partial charge in [-0.25, -0.2) is 9.59 Å². The summed E-state index contributed by atoms with van der Waals surface area (Å²) in [6, 6.07) is 22.9. The minimum absolute atomic E-state index is 0. The molecule has 9 heterocycles. The van der Waals surface area contributed by atoms with Gasteiger partial charge in [-0.05, 0) is 114 Å². The van der Waals surface area contributed by atoms with Gasteiger partial charge in [0, 0.05) is 82.0 Å². The average molecular weight is 1500 g/mol. The molecule has 11 rings (SSSR count). The third-order valence-electron chi connectivity index (χ3n) is 15.8. The Morgan fingerprint density at radius 1 is 0.559 bits per heavy atom. The van der Waals surface area contributed by atoms with E-state index in [0.29, 0.717) is 15.9 Å². The molecule has 0 radical (unpaired) electrons. The van der Waals surface area contributed by atoms with Crippen LogP contribution in [0.25, 0.3) is 0 Å². The number of H-pyrrole nitrogens is 5. The van der Waals surface area contributed by atoms with Crippen molar-refractivity contribution in [1.82, 2.24) is 38.6 Å². The fourth-order valence-electron chi connectivity index (χ4n) is 10.5. The summed E-state index contributed by atoms with van der Waals surface area (Å²) in [5.74, 6) is -2.49. The van der Waals surface area contributed by atoms with Crippen molar-refractivity contribution in [2.75, 3.05) is 27.4 Å². The van der Waals surface area contributed by atoms with Gasteiger partial charge in [-0.1, -0.05) is 78.9 Å². The fourth-order valence-corrected chi connectivity index (χ4v) is 11.4. The number of aromatic nitrogens is 8. The van der Waals surface area contributed by atoms with Crippen LogP contribution in [0, 0.1) is 30.9 Å². The van der Waals surface area contributed by atoms with Crippen molar-refractivity contribution in [3.05, 3.63) is 181 Å². The van der Waals surface area contributed by atoms with Crippen molar-refractivity contribution >= 4 is 66.8 Å². The minimum Gasteiger partial charge on any atom is -0.870 e. The number of carbonyl (C=O) groups is 3. The van der Waals surface area contributed by atoms with E-state index < -0.39 is 97.7 Å². The van der Waals surface area contributed by atoms with Gasteiger partial charge in [-0.2, -0.15) is 0 Å². The van der Waals surface area contributed by atoms with Gasteiger partial charge in [-0.15, -0.1) is 0 Å². The van der Waals surface area contributed by atoms with Crippen molar-refractivity contribution in [2.24, 2.45) is 11.8 Å². The summed E-state index contributed by atoms with van der Waals surface area (Å²) < 4.78 is 66.0. The van der Waals surface area contributed by atoms with Crippen LogP contribution < -0.4 is 41.1 Å². The van der Waals surface area contributed by atoms with Crippen LogP contribution in [0.4, 0.5) is 0 Å². The van der Waals surface area contributed by atoms with E-state index in [1.165, 1.54) is 48.1 Å². The number of rotatable bonds is 14. The standard InChI is InChI=1S/C18H20N2O4S.C16H20O5.C12H16N2O5S.C9H12N2O5S.C5H12O2.C4H4N2OS.2CH4.Li.H2O/c1-3-13-11(2)15(24-17(22)12-7-5-4-6-8-12)16(23-13)20-10-9-14(21)19-18(20)25;1-4-13-10(2)14(16(20-13)19-11(3)17)21-15(18)12-8-6-5-7-9-12;1-12(2)18-8-6(5-15)17-10(9(8)19-12)14-4-3-7(16)13-11(14)20;12-3-4-6(14)7(15)8(16-4)11-2-1-5(13)10-9(11)17;1-5(2,6-3)7-4;7-3-1-2-5-4(8)6-3;;;;/h4-11,13,15-16H,3H2,1-2H3,(H,19,21,25);5-10,13-14,16H,4H2,1-3H3;3-4,6,8-10,15H,5H2,1-2H3,(H,13,16,20);1-2,4,6-8,12,14-15H,3H2,(H,10,13,17);1-4H3;1-2H,(H2,5,6,7,8);2*1H4;;1H2/q;;;;;;;;+1;/p-1/t11-,13+,15?,16+;10-,13+,14?,16+;6-,8+,9?,10-;4-,6+,7?,8-;;;;;;/m0011....../s1. The Kier molecular flexibility index (Phi) is 37.9. The predicted molar refractivity (Wildman–Crippen MR) is 376 cm³/mol. The fraction of sp³-hybridized carbons (Fsp3) is 0.530. The Morgan fingerprint density at radius 2 is 0.961 bits per heavy atom. The summed E-state index contributed by atoms with van der Waals surface area (Å²) in [7, 11) is 3.23. The molecule has 102 heavy (non-hydrogen) atoms. The molecule has 10 N–H and O–H groups in total. The van der Waals surface area contributed by atoms with Crippen molar-refractivity contribution in [1.29, 1.82) is 0 Å². The van der Waals surface area contributed by atoms with E-state index in [0.717, 1.165) is 12.8 Å². The molecule has 0 spiro atoms. The monoisotopic (exact) mass is 1500 g/mol. The van der Waals surface area contributed by atoms with Crippen molar-refractivity contribution in [3.63, 3.8) is 0 Å². The molecule has 16 atom stereocenters. The van der Waals surface area contributed by atoms with E-state index in [2.05, 4.69) is 37.1 Å². The average Bonchev–Trinajstić information content (AvgIpc) is 1.61. The first-order valence-corrected chi connectivity index (χ1v) is 32.6. The van der Waals surface area contributed by atoms with Gasteiger partial charge >= 0.3 is 36.8 Å². The first-order valence-electron chi connectivity index (χ1n) is 31.0. The van der Waals surface area contributed by atoms with Crippen molar-refractivity contribution < 1.29 is 111 Å². The number of methoxy groups -OCH3 is 2. The number of aromatic amines is 5. The number of hydrogen-bond donors (Lipinski definition) is 9. The Bertz CT molecular complexity index is 4050. The van der Waals surface area contributed by atoms with Crippen LogP contribution >= 0.6 is 48.9 Å². The van der Waals surface area contributed by atoms with Crippen molar-refractivity contribution in [3.8, 4) is 0 Å². The molecule has 0 saturated carbocycles. The van der Waals surface area contributed by atoms with E-state index in [-0.39, 0.29) is 119 Å². The third-order valence-corrected chi connectivity index (χ3v) is 17.0. The van der Waals surface area contributed by atoms with E-state index in [9.17, 15) is 48.9 Å². The largest absolute Gasteiger partial charge is 1.00 e. The van der Waals surface area contributed by atoms with E-state index in [1.54, 1.807) is 84.3 Å². The molecule has 5 aliphatic rings. The summed E-state index contributed by atoms with van der Waals surface area (Å²) in [5.41, 5.74) is -0.142. The van der Waals surface area contributed by atoms with E-state index >= 15 is 0 Å². The Morgan fingerprint density at radius 3 is 1.35 bits per heavy atom. The number of hydrogen-bond acceptors (Lipinski definition) is 27. The smallest absolute Gasteiger partial charge is 0.870 e. The molecule has 5 fully saturated rings.